The first-order chi connectivity index (χ1) is 15.1. The molecule has 0 atom stereocenters. The van der Waals surface area contributed by atoms with Crippen LogP contribution >= 0.6 is 0 Å². The van der Waals surface area contributed by atoms with Gasteiger partial charge in [0.05, 0.1) is 11.8 Å². The summed E-state index contributed by atoms with van der Waals surface area (Å²) in [6, 6.07) is 27.3. The van der Waals surface area contributed by atoms with Crippen LogP contribution in [0.3, 0.4) is 0 Å². The van der Waals surface area contributed by atoms with Gasteiger partial charge in [-0.25, -0.2) is 10.2 Å². The highest BCUT2D eigenvalue weighted by Gasteiger charge is 2.13. The summed E-state index contributed by atoms with van der Waals surface area (Å²) in [5.41, 5.74) is 5.14. The summed E-state index contributed by atoms with van der Waals surface area (Å²) in [6.07, 6.45) is 1.50. The lowest BCUT2D eigenvalue weighted by atomic mass is 10.0. The Morgan fingerprint density at radius 2 is 1.52 bits per heavy atom. The van der Waals surface area contributed by atoms with Gasteiger partial charge in [0.2, 0.25) is 0 Å². The van der Waals surface area contributed by atoms with Crippen molar-refractivity contribution in [1.82, 2.24) is 5.43 Å². The molecule has 1 N–H and O–H groups in total. The molecular weight excluding hydrogens is 388 g/mol. The van der Waals surface area contributed by atoms with Crippen LogP contribution < -0.4 is 10.2 Å². The number of ether oxygens (including phenoxy) is 1. The standard InChI is InChI=1S/C26H20N2O3/c1-18-11-13-21(14-12-18)26(30)31-24-16-15-19-7-5-6-10-22(19)23(24)17-27-28-25(29)20-8-3-2-4-9-20/h2-17H,1H3,(H,28,29). The fourth-order valence-corrected chi connectivity index (χ4v) is 3.16. The average molecular weight is 408 g/mol. The third-order valence-corrected chi connectivity index (χ3v) is 4.82. The minimum atomic E-state index is -0.460. The van der Waals surface area contributed by atoms with Crippen LogP contribution in [0.25, 0.3) is 10.8 Å². The van der Waals surface area contributed by atoms with Gasteiger partial charge in [0.15, 0.2) is 0 Å². The van der Waals surface area contributed by atoms with Crippen molar-refractivity contribution in [2.24, 2.45) is 5.10 Å². The van der Waals surface area contributed by atoms with Crippen molar-refractivity contribution in [2.45, 2.75) is 6.92 Å². The van der Waals surface area contributed by atoms with Crippen molar-refractivity contribution in [3.8, 4) is 5.75 Å². The second-order valence-corrected chi connectivity index (χ2v) is 7.02. The maximum Gasteiger partial charge on any atom is 0.343 e. The van der Waals surface area contributed by atoms with Crippen molar-refractivity contribution >= 4 is 28.9 Å². The molecule has 1 amide bonds. The number of nitrogens with one attached hydrogen (secondary N) is 1. The predicted octanol–water partition coefficient (Wildman–Crippen LogP) is 5.13. The zero-order chi connectivity index (χ0) is 21.6. The highest BCUT2D eigenvalue weighted by molar-refractivity contribution is 6.04. The number of fused-ring (bicyclic) bond motifs is 1. The van der Waals surface area contributed by atoms with E-state index in [0.29, 0.717) is 22.4 Å². The largest absolute Gasteiger partial charge is 0.422 e. The Bertz CT molecular complexity index is 1260. The van der Waals surface area contributed by atoms with Crippen LogP contribution in [0.2, 0.25) is 0 Å². The molecule has 0 aliphatic rings. The Morgan fingerprint density at radius 1 is 0.806 bits per heavy atom. The summed E-state index contributed by atoms with van der Waals surface area (Å²) >= 11 is 0. The molecule has 0 aliphatic heterocycles. The molecule has 0 fully saturated rings. The number of esters is 1. The third kappa shape index (κ3) is 4.67. The van der Waals surface area contributed by atoms with Crippen LogP contribution in [0.15, 0.2) is 96.1 Å². The van der Waals surface area contributed by atoms with Crippen molar-refractivity contribution < 1.29 is 14.3 Å². The Balaban J connectivity index is 1.63. The van der Waals surface area contributed by atoms with E-state index >= 15 is 0 Å². The predicted molar refractivity (Wildman–Crippen MR) is 122 cm³/mol. The highest BCUT2D eigenvalue weighted by atomic mass is 16.5. The van der Waals surface area contributed by atoms with Crippen LogP contribution in [0.4, 0.5) is 0 Å². The molecule has 152 valence electrons. The average Bonchev–Trinajstić information content (AvgIpc) is 2.81. The van der Waals surface area contributed by atoms with Crippen molar-refractivity contribution in [3.63, 3.8) is 0 Å². The summed E-state index contributed by atoms with van der Waals surface area (Å²) in [4.78, 5) is 24.9. The summed E-state index contributed by atoms with van der Waals surface area (Å²) in [5.74, 6) is -0.421. The molecule has 0 heterocycles. The van der Waals surface area contributed by atoms with Crippen LogP contribution in [0, 0.1) is 6.92 Å². The molecule has 0 saturated heterocycles. The van der Waals surface area contributed by atoms with E-state index in [0.717, 1.165) is 16.3 Å². The Labute approximate surface area is 180 Å². The number of amides is 1. The van der Waals surface area contributed by atoms with Gasteiger partial charge in [-0.1, -0.05) is 66.2 Å². The molecule has 0 saturated carbocycles. The van der Waals surface area contributed by atoms with E-state index in [1.165, 1.54) is 6.21 Å². The van der Waals surface area contributed by atoms with Gasteiger partial charge in [0, 0.05) is 11.1 Å². The second-order valence-electron chi connectivity index (χ2n) is 7.02. The van der Waals surface area contributed by atoms with E-state index in [4.69, 9.17) is 4.74 Å². The maximum atomic E-state index is 12.6. The number of rotatable bonds is 5. The number of hydrazone groups is 1. The van der Waals surface area contributed by atoms with Gasteiger partial charge >= 0.3 is 5.97 Å². The number of carbonyl (C=O) groups excluding carboxylic acids is 2. The zero-order valence-corrected chi connectivity index (χ0v) is 16.9. The van der Waals surface area contributed by atoms with Crippen LogP contribution in [-0.2, 0) is 0 Å². The molecule has 0 spiro atoms. The molecule has 0 radical (unpaired) electrons. The first kappa shape index (κ1) is 20.0. The van der Waals surface area contributed by atoms with E-state index < -0.39 is 5.97 Å². The smallest absolute Gasteiger partial charge is 0.343 e. The number of benzene rings is 4. The number of aryl methyl sites for hydroxylation is 1. The van der Waals surface area contributed by atoms with E-state index in [-0.39, 0.29) is 5.91 Å². The van der Waals surface area contributed by atoms with E-state index in [9.17, 15) is 9.59 Å². The Morgan fingerprint density at radius 3 is 2.29 bits per heavy atom. The lowest BCUT2D eigenvalue weighted by Gasteiger charge is -2.11. The van der Waals surface area contributed by atoms with Gasteiger partial charge in [0.25, 0.3) is 5.91 Å². The van der Waals surface area contributed by atoms with Gasteiger partial charge in [-0.2, -0.15) is 5.10 Å². The molecule has 0 aromatic heterocycles. The van der Waals surface area contributed by atoms with Crippen molar-refractivity contribution in [2.75, 3.05) is 0 Å². The Kier molecular flexibility index (Phi) is 5.85. The van der Waals surface area contributed by atoms with Gasteiger partial charge < -0.3 is 4.74 Å². The van der Waals surface area contributed by atoms with Crippen molar-refractivity contribution in [1.29, 1.82) is 0 Å². The quantitative estimate of drug-likeness (QED) is 0.215. The van der Waals surface area contributed by atoms with Gasteiger partial charge in [-0.15, -0.1) is 0 Å². The number of hydrogen-bond acceptors (Lipinski definition) is 4. The SMILES string of the molecule is Cc1ccc(C(=O)Oc2ccc3ccccc3c2C=NNC(=O)c2ccccc2)cc1. The normalized spacial score (nSPS) is 10.9. The van der Waals surface area contributed by atoms with Crippen LogP contribution in [0.1, 0.15) is 31.8 Å². The molecule has 0 aliphatic carbocycles. The van der Waals surface area contributed by atoms with Gasteiger partial charge in [-0.3, -0.25) is 4.79 Å². The van der Waals surface area contributed by atoms with E-state index in [1.54, 1.807) is 42.5 Å². The second kappa shape index (κ2) is 9.05. The molecular formula is C26H20N2O3. The summed E-state index contributed by atoms with van der Waals surface area (Å²) in [6.45, 7) is 1.96. The molecule has 4 rings (SSSR count). The molecule has 5 heteroatoms. The van der Waals surface area contributed by atoms with E-state index in [1.807, 2.05) is 55.5 Å². The summed E-state index contributed by atoms with van der Waals surface area (Å²) in [5, 5.41) is 5.93. The fraction of sp³-hybridized carbons (Fsp3) is 0.0385. The molecule has 0 unspecified atom stereocenters. The lowest BCUT2D eigenvalue weighted by molar-refractivity contribution is 0.0734. The fourth-order valence-electron chi connectivity index (χ4n) is 3.16. The van der Waals surface area contributed by atoms with E-state index in [2.05, 4.69) is 10.5 Å². The monoisotopic (exact) mass is 408 g/mol. The maximum absolute atomic E-state index is 12.6. The first-order valence-electron chi connectivity index (χ1n) is 9.81. The third-order valence-electron chi connectivity index (χ3n) is 4.82. The summed E-state index contributed by atoms with van der Waals surface area (Å²) in [7, 11) is 0. The van der Waals surface area contributed by atoms with Crippen LogP contribution in [0.5, 0.6) is 5.75 Å². The minimum Gasteiger partial charge on any atom is -0.422 e. The highest BCUT2D eigenvalue weighted by Crippen LogP contribution is 2.27. The molecule has 0 bridgehead atoms. The number of hydrogen-bond donors (Lipinski definition) is 1. The topological polar surface area (TPSA) is 67.8 Å². The van der Waals surface area contributed by atoms with Gasteiger partial charge in [0.1, 0.15) is 5.75 Å². The molecule has 31 heavy (non-hydrogen) atoms. The lowest BCUT2D eigenvalue weighted by Crippen LogP contribution is -2.17. The summed E-state index contributed by atoms with van der Waals surface area (Å²) < 4.78 is 5.68. The molecule has 4 aromatic carbocycles. The van der Waals surface area contributed by atoms with Crippen LogP contribution in [-0.4, -0.2) is 18.1 Å². The minimum absolute atomic E-state index is 0.324. The molecule has 5 nitrogen and oxygen atoms in total. The van der Waals surface area contributed by atoms with Crippen molar-refractivity contribution in [3.05, 3.63) is 113 Å². The number of carbonyl (C=O) groups is 2. The zero-order valence-electron chi connectivity index (χ0n) is 16.9. The first-order valence-corrected chi connectivity index (χ1v) is 9.81. The Hall–Kier alpha value is -4.25. The van der Waals surface area contributed by atoms with Gasteiger partial charge in [-0.05, 0) is 48.0 Å². The number of nitrogens with zero attached hydrogens (tertiary/aromatic N) is 1. The molecule has 4 aromatic rings.